The van der Waals surface area contributed by atoms with E-state index in [-0.39, 0.29) is 28.1 Å². The summed E-state index contributed by atoms with van der Waals surface area (Å²) in [5.74, 6) is 0.0424. The molecule has 2 aromatic rings. The Morgan fingerprint density at radius 1 is 1.19 bits per heavy atom. The third-order valence-electron chi connectivity index (χ3n) is 2.84. The van der Waals surface area contributed by atoms with Crippen LogP contribution in [-0.4, -0.2) is 11.5 Å². The smallest absolute Gasteiger partial charge is 0.312 e. The maximum Gasteiger partial charge on any atom is 0.312 e. The van der Waals surface area contributed by atoms with Gasteiger partial charge in [-0.15, -0.1) is 0 Å². The Labute approximate surface area is 131 Å². The van der Waals surface area contributed by atoms with Crippen LogP contribution in [0.25, 0.3) is 0 Å². The maximum atomic E-state index is 11.0. The van der Waals surface area contributed by atoms with Crippen LogP contribution in [0.3, 0.4) is 0 Å². The van der Waals surface area contributed by atoms with Gasteiger partial charge in [-0.05, 0) is 5.56 Å². The Morgan fingerprint density at radius 2 is 1.81 bits per heavy atom. The molecular formula is C14H12Cl2N2O3. The van der Waals surface area contributed by atoms with Gasteiger partial charge in [0.2, 0.25) is 0 Å². The highest BCUT2D eigenvalue weighted by atomic mass is 35.5. The Hall–Kier alpha value is -1.82. The molecule has 21 heavy (non-hydrogen) atoms. The fraction of sp³-hybridized carbons (Fsp3) is 0.143. The van der Waals surface area contributed by atoms with Crippen LogP contribution in [0.1, 0.15) is 11.6 Å². The average Bonchev–Trinajstić information content (AvgIpc) is 2.48. The number of ether oxygens (including phenoxy) is 1. The lowest BCUT2D eigenvalue weighted by Crippen LogP contribution is -2.19. The molecule has 2 N–H and O–H groups in total. The standard InChI is InChI=1S/C14H12Cl2N2O3/c15-10-6-13(18(19)20)14(7-11(10)16)21-8-12(17)9-4-2-1-3-5-9/h1-7,12H,8,17H2. The number of hydrogen-bond donors (Lipinski definition) is 1. The van der Waals surface area contributed by atoms with E-state index in [1.54, 1.807) is 0 Å². The van der Waals surface area contributed by atoms with Gasteiger partial charge in [-0.3, -0.25) is 10.1 Å². The highest BCUT2D eigenvalue weighted by Gasteiger charge is 2.19. The van der Waals surface area contributed by atoms with E-state index >= 15 is 0 Å². The Morgan fingerprint density at radius 3 is 2.43 bits per heavy atom. The average molecular weight is 327 g/mol. The van der Waals surface area contributed by atoms with Gasteiger partial charge in [-0.2, -0.15) is 0 Å². The molecule has 2 rings (SSSR count). The second kappa shape index (κ2) is 6.76. The molecule has 0 aliphatic carbocycles. The van der Waals surface area contributed by atoms with Crippen molar-refractivity contribution in [3.05, 3.63) is 68.2 Å². The molecule has 5 nitrogen and oxygen atoms in total. The van der Waals surface area contributed by atoms with Gasteiger partial charge in [0.25, 0.3) is 0 Å². The van der Waals surface area contributed by atoms with Gasteiger partial charge in [0.15, 0.2) is 5.75 Å². The van der Waals surface area contributed by atoms with Gasteiger partial charge in [0.05, 0.1) is 21.0 Å². The molecule has 0 spiro atoms. The van der Waals surface area contributed by atoms with E-state index in [2.05, 4.69) is 0 Å². The van der Waals surface area contributed by atoms with Crippen LogP contribution in [0.2, 0.25) is 10.0 Å². The summed E-state index contributed by atoms with van der Waals surface area (Å²) < 4.78 is 5.44. The fourth-order valence-corrected chi connectivity index (χ4v) is 2.06. The van der Waals surface area contributed by atoms with Crippen LogP contribution >= 0.6 is 23.2 Å². The normalized spacial score (nSPS) is 12.0. The molecule has 0 saturated carbocycles. The van der Waals surface area contributed by atoms with Crippen molar-refractivity contribution in [2.45, 2.75) is 6.04 Å². The molecule has 7 heteroatoms. The summed E-state index contributed by atoms with van der Waals surface area (Å²) >= 11 is 11.6. The molecule has 0 bridgehead atoms. The van der Waals surface area contributed by atoms with Crippen molar-refractivity contribution in [3.8, 4) is 5.75 Å². The summed E-state index contributed by atoms with van der Waals surface area (Å²) in [6.45, 7) is 0.0861. The summed E-state index contributed by atoms with van der Waals surface area (Å²) in [7, 11) is 0. The van der Waals surface area contributed by atoms with Crippen LogP contribution in [0.4, 0.5) is 5.69 Å². The Balaban J connectivity index is 2.16. The predicted octanol–water partition coefficient (Wildman–Crippen LogP) is 3.98. The number of halogens is 2. The van der Waals surface area contributed by atoms with E-state index in [1.807, 2.05) is 30.3 Å². The molecule has 0 saturated heterocycles. The number of nitro groups is 1. The minimum Gasteiger partial charge on any atom is -0.485 e. The number of benzene rings is 2. The van der Waals surface area contributed by atoms with Crippen molar-refractivity contribution >= 4 is 28.9 Å². The SMILES string of the molecule is NC(COc1cc(Cl)c(Cl)cc1[N+](=O)[O-])c1ccccc1. The highest BCUT2D eigenvalue weighted by molar-refractivity contribution is 6.42. The zero-order valence-corrected chi connectivity index (χ0v) is 12.3. The zero-order valence-electron chi connectivity index (χ0n) is 10.8. The summed E-state index contributed by atoms with van der Waals surface area (Å²) in [5, 5.41) is 11.3. The summed E-state index contributed by atoms with van der Waals surface area (Å²) in [6.07, 6.45) is 0. The van der Waals surface area contributed by atoms with Gasteiger partial charge in [0.1, 0.15) is 6.61 Å². The molecule has 0 fully saturated rings. The third-order valence-corrected chi connectivity index (χ3v) is 3.57. The Kier molecular flexibility index (Phi) is 5.01. The predicted molar refractivity (Wildman–Crippen MR) is 82.0 cm³/mol. The largest absolute Gasteiger partial charge is 0.485 e. The van der Waals surface area contributed by atoms with E-state index in [0.717, 1.165) is 11.6 Å². The van der Waals surface area contributed by atoms with Gasteiger partial charge < -0.3 is 10.5 Å². The number of nitrogens with zero attached hydrogens (tertiary/aromatic N) is 1. The van der Waals surface area contributed by atoms with Crippen molar-refractivity contribution in [3.63, 3.8) is 0 Å². The number of rotatable bonds is 5. The first kappa shape index (κ1) is 15.6. The molecule has 0 amide bonds. The maximum absolute atomic E-state index is 11.0. The van der Waals surface area contributed by atoms with E-state index in [4.69, 9.17) is 33.7 Å². The quantitative estimate of drug-likeness (QED) is 0.665. The second-order valence-electron chi connectivity index (χ2n) is 4.32. The molecular weight excluding hydrogens is 315 g/mol. The lowest BCUT2D eigenvalue weighted by atomic mass is 10.1. The zero-order chi connectivity index (χ0) is 15.4. The third kappa shape index (κ3) is 3.85. The van der Waals surface area contributed by atoms with Crippen LogP contribution in [-0.2, 0) is 0 Å². The number of hydrogen-bond acceptors (Lipinski definition) is 4. The lowest BCUT2D eigenvalue weighted by molar-refractivity contribution is -0.385. The topological polar surface area (TPSA) is 78.4 Å². The molecule has 0 aliphatic heterocycles. The molecule has 0 heterocycles. The molecule has 1 atom stereocenters. The molecule has 0 aromatic heterocycles. The summed E-state index contributed by atoms with van der Waals surface area (Å²) in [6, 6.07) is 11.4. The molecule has 0 aliphatic rings. The van der Waals surface area contributed by atoms with Gasteiger partial charge >= 0.3 is 5.69 Å². The molecule has 1 unspecified atom stereocenters. The summed E-state index contributed by atoms with van der Waals surface area (Å²) in [4.78, 5) is 10.4. The Bertz CT molecular complexity index is 650. The van der Waals surface area contributed by atoms with Crippen LogP contribution in [0.5, 0.6) is 5.75 Å². The first-order valence-electron chi connectivity index (χ1n) is 6.06. The van der Waals surface area contributed by atoms with E-state index in [0.29, 0.717) is 0 Å². The van der Waals surface area contributed by atoms with Gasteiger partial charge in [-0.1, -0.05) is 53.5 Å². The summed E-state index contributed by atoms with van der Waals surface area (Å²) in [5.41, 5.74) is 6.61. The van der Waals surface area contributed by atoms with Crippen molar-refractivity contribution in [1.82, 2.24) is 0 Å². The molecule has 0 radical (unpaired) electrons. The van der Waals surface area contributed by atoms with Crippen molar-refractivity contribution in [2.24, 2.45) is 5.73 Å². The van der Waals surface area contributed by atoms with E-state index in [1.165, 1.54) is 6.07 Å². The monoisotopic (exact) mass is 326 g/mol. The van der Waals surface area contributed by atoms with Crippen LogP contribution in [0, 0.1) is 10.1 Å². The van der Waals surface area contributed by atoms with Gasteiger partial charge in [-0.25, -0.2) is 0 Å². The van der Waals surface area contributed by atoms with E-state index in [9.17, 15) is 10.1 Å². The van der Waals surface area contributed by atoms with Crippen molar-refractivity contribution < 1.29 is 9.66 Å². The first-order valence-corrected chi connectivity index (χ1v) is 6.81. The van der Waals surface area contributed by atoms with Crippen LogP contribution in [0.15, 0.2) is 42.5 Å². The van der Waals surface area contributed by atoms with Crippen molar-refractivity contribution in [2.75, 3.05) is 6.61 Å². The highest BCUT2D eigenvalue weighted by Crippen LogP contribution is 2.35. The minimum atomic E-state index is -0.578. The molecule has 110 valence electrons. The second-order valence-corrected chi connectivity index (χ2v) is 5.13. The molecule has 2 aromatic carbocycles. The van der Waals surface area contributed by atoms with Gasteiger partial charge in [0, 0.05) is 12.1 Å². The van der Waals surface area contributed by atoms with Crippen molar-refractivity contribution in [1.29, 1.82) is 0 Å². The number of nitrogens with two attached hydrogens (primary N) is 1. The lowest BCUT2D eigenvalue weighted by Gasteiger charge is -2.14. The fourth-order valence-electron chi connectivity index (χ4n) is 1.75. The van der Waals surface area contributed by atoms with Crippen LogP contribution < -0.4 is 10.5 Å². The van der Waals surface area contributed by atoms with E-state index < -0.39 is 11.0 Å². The minimum absolute atomic E-state index is 0.0424. The first-order chi connectivity index (χ1) is 9.99. The number of nitro benzene ring substituents is 1.